The zero-order valence-electron chi connectivity index (χ0n) is 20.1. The maximum Gasteiger partial charge on any atom is 0.242 e. The molecule has 31 heavy (non-hydrogen) atoms. The number of carbonyl (C=O) groups is 1. The molecule has 0 saturated carbocycles. The van der Waals surface area contributed by atoms with Crippen molar-refractivity contribution in [3.63, 3.8) is 0 Å². The minimum absolute atomic E-state index is 0.143. The summed E-state index contributed by atoms with van der Waals surface area (Å²) in [5, 5.41) is 3.34. The third kappa shape index (κ3) is 8.05. The van der Waals surface area contributed by atoms with Crippen LogP contribution in [0.2, 0.25) is 0 Å². The fraction of sp³-hybridized carbons (Fsp3) is 0.667. The number of carbonyl (C=O) groups excluding carboxylic acids is 1. The van der Waals surface area contributed by atoms with Crippen molar-refractivity contribution in [2.24, 2.45) is 10.9 Å². The molecule has 0 spiro atoms. The number of guanidine groups is 1. The molecule has 1 amide bonds. The van der Waals surface area contributed by atoms with Crippen LogP contribution in [0, 0.1) is 5.92 Å². The smallest absolute Gasteiger partial charge is 0.242 e. The number of likely N-dealkylation sites (tertiary alicyclic amines) is 1. The summed E-state index contributed by atoms with van der Waals surface area (Å²) in [5.41, 5.74) is 1.33. The van der Waals surface area contributed by atoms with Gasteiger partial charge in [-0.25, -0.2) is 0 Å². The quantitative estimate of drug-likeness (QED) is 0.456. The van der Waals surface area contributed by atoms with Crippen LogP contribution >= 0.6 is 0 Å². The van der Waals surface area contributed by atoms with Gasteiger partial charge in [0, 0.05) is 39.8 Å². The molecule has 2 rings (SSSR count). The van der Waals surface area contributed by atoms with Crippen molar-refractivity contribution >= 4 is 11.9 Å². The minimum atomic E-state index is 0.143. The molecule has 1 aliphatic heterocycles. The van der Waals surface area contributed by atoms with E-state index in [1.54, 1.807) is 7.11 Å². The number of rotatable bonds is 10. The van der Waals surface area contributed by atoms with E-state index in [4.69, 9.17) is 9.73 Å². The van der Waals surface area contributed by atoms with Crippen LogP contribution in [0.1, 0.15) is 39.2 Å². The molecule has 1 aromatic carbocycles. The van der Waals surface area contributed by atoms with E-state index in [9.17, 15) is 4.79 Å². The highest BCUT2D eigenvalue weighted by Crippen LogP contribution is 2.20. The zero-order chi connectivity index (χ0) is 22.6. The maximum absolute atomic E-state index is 12.4. The average molecular weight is 432 g/mol. The molecule has 1 heterocycles. The molecular formula is C24H41N5O2. The van der Waals surface area contributed by atoms with E-state index in [0.29, 0.717) is 12.5 Å². The predicted octanol–water partition coefficient (Wildman–Crippen LogP) is 2.67. The fourth-order valence-corrected chi connectivity index (χ4v) is 3.96. The largest absolute Gasteiger partial charge is 0.497 e. The first kappa shape index (κ1) is 25.0. The average Bonchev–Trinajstić information content (AvgIpc) is 2.79. The first-order chi connectivity index (χ1) is 15.0. The third-order valence-corrected chi connectivity index (χ3v) is 5.96. The van der Waals surface area contributed by atoms with Gasteiger partial charge in [-0.05, 0) is 70.3 Å². The number of benzene rings is 1. The molecular weight excluding hydrogens is 390 g/mol. The number of nitrogens with zero attached hydrogens (tertiary/aromatic N) is 4. The number of ether oxygens (including phenoxy) is 1. The van der Waals surface area contributed by atoms with Crippen LogP contribution in [0.4, 0.5) is 0 Å². The lowest BCUT2D eigenvalue weighted by Crippen LogP contribution is -2.46. The van der Waals surface area contributed by atoms with Crippen molar-refractivity contribution in [1.29, 1.82) is 0 Å². The molecule has 0 radical (unpaired) electrons. The summed E-state index contributed by atoms with van der Waals surface area (Å²) in [7, 11) is 3.64. The molecule has 1 aliphatic rings. The molecule has 174 valence electrons. The van der Waals surface area contributed by atoms with Gasteiger partial charge in [0.2, 0.25) is 5.91 Å². The first-order valence-corrected chi connectivity index (χ1v) is 11.6. The second-order valence-electron chi connectivity index (χ2n) is 8.18. The second kappa shape index (κ2) is 13.2. The van der Waals surface area contributed by atoms with Crippen LogP contribution in [0.5, 0.6) is 5.75 Å². The second-order valence-corrected chi connectivity index (χ2v) is 8.18. The Kier molecular flexibility index (Phi) is 10.6. The molecule has 0 unspecified atom stereocenters. The Labute approximate surface area is 188 Å². The fourth-order valence-electron chi connectivity index (χ4n) is 3.96. The van der Waals surface area contributed by atoms with E-state index in [2.05, 4.69) is 29.3 Å². The Morgan fingerprint density at radius 1 is 1.16 bits per heavy atom. The van der Waals surface area contributed by atoms with Gasteiger partial charge in [0.25, 0.3) is 0 Å². The molecule has 0 bridgehead atoms. The normalized spacial score (nSPS) is 15.6. The van der Waals surface area contributed by atoms with Crippen LogP contribution in [0.25, 0.3) is 0 Å². The summed E-state index contributed by atoms with van der Waals surface area (Å²) >= 11 is 0. The Bertz CT molecular complexity index is 680. The Hall–Kier alpha value is -2.28. The predicted molar refractivity (Wildman–Crippen MR) is 128 cm³/mol. The topological polar surface area (TPSA) is 60.4 Å². The van der Waals surface area contributed by atoms with Crippen molar-refractivity contribution in [3.8, 4) is 5.75 Å². The highest BCUT2D eigenvalue weighted by Gasteiger charge is 2.20. The van der Waals surface area contributed by atoms with E-state index < -0.39 is 0 Å². The van der Waals surface area contributed by atoms with Gasteiger partial charge < -0.3 is 19.9 Å². The lowest BCUT2D eigenvalue weighted by molar-refractivity contribution is -0.131. The molecule has 1 fully saturated rings. The monoisotopic (exact) mass is 431 g/mol. The summed E-state index contributed by atoms with van der Waals surface area (Å²) in [6.45, 7) is 12.7. The standard InChI is InChI=1S/C24H41N5O2/c1-6-25-24(27(4)19-23(30)29(7-2)8-3)26-17-20-13-15-28(16-14-20)18-21-9-11-22(31-5)12-10-21/h9-12,20H,6-8,13-19H2,1-5H3,(H,25,26). The van der Waals surface area contributed by atoms with Crippen LogP contribution in [-0.2, 0) is 11.3 Å². The first-order valence-electron chi connectivity index (χ1n) is 11.6. The van der Waals surface area contributed by atoms with Gasteiger partial charge in [0.05, 0.1) is 13.7 Å². The highest BCUT2D eigenvalue weighted by atomic mass is 16.5. The van der Waals surface area contributed by atoms with Gasteiger partial charge in [-0.15, -0.1) is 0 Å². The number of piperidine rings is 1. The Morgan fingerprint density at radius 3 is 2.35 bits per heavy atom. The van der Waals surface area contributed by atoms with Gasteiger partial charge in [-0.3, -0.25) is 14.7 Å². The van der Waals surface area contributed by atoms with Crippen LogP contribution in [0.15, 0.2) is 29.3 Å². The molecule has 1 N–H and O–H groups in total. The zero-order valence-corrected chi connectivity index (χ0v) is 20.1. The number of hydrogen-bond acceptors (Lipinski definition) is 4. The van der Waals surface area contributed by atoms with Crippen molar-refractivity contribution in [2.75, 3.05) is 60.0 Å². The summed E-state index contributed by atoms with van der Waals surface area (Å²) < 4.78 is 5.24. The number of likely N-dealkylation sites (N-methyl/N-ethyl adjacent to an activating group) is 2. The van der Waals surface area contributed by atoms with Gasteiger partial charge in [0.15, 0.2) is 5.96 Å². The molecule has 7 nitrogen and oxygen atoms in total. The Morgan fingerprint density at radius 2 is 1.81 bits per heavy atom. The number of amides is 1. The van der Waals surface area contributed by atoms with Gasteiger partial charge in [0.1, 0.15) is 5.75 Å². The van der Waals surface area contributed by atoms with Crippen LogP contribution < -0.4 is 10.1 Å². The van der Waals surface area contributed by atoms with E-state index in [1.807, 2.05) is 42.8 Å². The summed E-state index contributed by atoms with van der Waals surface area (Å²) in [4.78, 5) is 23.6. The summed E-state index contributed by atoms with van der Waals surface area (Å²) in [5.74, 6) is 2.46. The lowest BCUT2D eigenvalue weighted by Gasteiger charge is -2.32. The SMILES string of the molecule is CCNC(=NCC1CCN(Cc2ccc(OC)cc2)CC1)N(C)CC(=O)N(CC)CC. The van der Waals surface area contributed by atoms with E-state index in [1.165, 1.54) is 5.56 Å². The number of methoxy groups -OCH3 is 1. The molecule has 1 aromatic rings. The maximum atomic E-state index is 12.4. The van der Waals surface area contributed by atoms with E-state index in [0.717, 1.165) is 70.4 Å². The number of hydrogen-bond donors (Lipinski definition) is 1. The van der Waals surface area contributed by atoms with Crippen LogP contribution in [0.3, 0.4) is 0 Å². The molecule has 1 saturated heterocycles. The highest BCUT2D eigenvalue weighted by molar-refractivity contribution is 5.86. The lowest BCUT2D eigenvalue weighted by atomic mass is 9.96. The third-order valence-electron chi connectivity index (χ3n) is 5.96. The van der Waals surface area contributed by atoms with Crippen molar-refractivity contribution in [1.82, 2.24) is 20.0 Å². The van der Waals surface area contributed by atoms with Crippen molar-refractivity contribution in [2.45, 2.75) is 40.2 Å². The molecule has 0 aliphatic carbocycles. The number of aliphatic imine (C=N–C) groups is 1. The number of nitrogens with one attached hydrogen (secondary N) is 1. The summed E-state index contributed by atoms with van der Waals surface area (Å²) in [6.07, 6.45) is 2.31. The molecule has 0 atom stereocenters. The minimum Gasteiger partial charge on any atom is -0.497 e. The molecule has 7 heteroatoms. The van der Waals surface area contributed by atoms with Gasteiger partial charge in [-0.2, -0.15) is 0 Å². The summed E-state index contributed by atoms with van der Waals surface area (Å²) in [6, 6.07) is 8.35. The van der Waals surface area contributed by atoms with Crippen molar-refractivity contribution < 1.29 is 9.53 Å². The van der Waals surface area contributed by atoms with Crippen LogP contribution in [-0.4, -0.2) is 86.5 Å². The Balaban J connectivity index is 1.83. The van der Waals surface area contributed by atoms with Gasteiger partial charge >= 0.3 is 0 Å². The van der Waals surface area contributed by atoms with E-state index in [-0.39, 0.29) is 5.91 Å². The van der Waals surface area contributed by atoms with Crippen molar-refractivity contribution in [3.05, 3.63) is 29.8 Å². The van der Waals surface area contributed by atoms with Gasteiger partial charge in [-0.1, -0.05) is 12.1 Å². The van der Waals surface area contributed by atoms with E-state index >= 15 is 0 Å². The molecule has 0 aromatic heterocycles.